The number of carbonyl (C=O) groups excluding carboxylic acids is 1. The first kappa shape index (κ1) is 11.5. The summed E-state index contributed by atoms with van der Waals surface area (Å²) in [7, 11) is 1.72. The van der Waals surface area contributed by atoms with Crippen molar-refractivity contribution in [3.63, 3.8) is 0 Å². The average Bonchev–Trinajstić information content (AvgIpc) is 2.15. The maximum atomic E-state index is 11.3. The predicted octanol–water partition coefficient (Wildman–Crippen LogP) is 2.96. The smallest absolute Gasteiger partial charge is 0.241 e. The molecule has 0 N–H and O–H groups in total. The lowest BCUT2D eigenvalue weighted by Crippen LogP contribution is -2.27. The number of aryl methyl sites for hydroxylation is 1. The standard InChI is InChI=1S/C10H11BrClNO/c1-7-5-8(11)3-4-9(7)13(2)10(14)6-12/h3-5H,6H2,1-2H3. The Morgan fingerprint density at radius 3 is 2.71 bits per heavy atom. The van der Waals surface area contributed by atoms with Gasteiger partial charge in [-0.2, -0.15) is 0 Å². The highest BCUT2D eigenvalue weighted by molar-refractivity contribution is 9.10. The van der Waals surface area contributed by atoms with E-state index in [9.17, 15) is 4.79 Å². The fourth-order valence-corrected chi connectivity index (χ4v) is 1.87. The molecular weight excluding hydrogens is 265 g/mol. The van der Waals surface area contributed by atoms with Crippen LogP contribution in [-0.4, -0.2) is 18.8 Å². The first-order valence-corrected chi connectivity index (χ1v) is 5.47. The Hall–Kier alpha value is -0.540. The third-order valence-corrected chi connectivity index (χ3v) is 2.73. The van der Waals surface area contributed by atoms with Crippen LogP contribution in [0, 0.1) is 6.92 Å². The molecule has 1 rings (SSSR count). The summed E-state index contributed by atoms with van der Waals surface area (Å²) in [4.78, 5) is 12.9. The van der Waals surface area contributed by atoms with E-state index in [1.807, 2.05) is 25.1 Å². The van der Waals surface area contributed by atoms with Gasteiger partial charge in [0.05, 0.1) is 0 Å². The van der Waals surface area contributed by atoms with Crippen LogP contribution in [0.5, 0.6) is 0 Å². The van der Waals surface area contributed by atoms with Crippen LogP contribution < -0.4 is 4.90 Å². The number of alkyl halides is 1. The van der Waals surface area contributed by atoms with Gasteiger partial charge in [0.25, 0.3) is 0 Å². The molecule has 0 fully saturated rings. The topological polar surface area (TPSA) is 20.3 Å². The van der Waals surface area contributed by atoms with Crippen molar-refractivity contribution in [2.45, 2.75) is 6.92 Å². The molecule has 2 nitrogen and oxygen atoms in total. The van der Waals surface area contributed by atoms with E-state index >= 15 is 0 Å². The molecule has 14 heavy (non-hydrogen) atoms. The number of benzene rings is 1. The van der Waals surface area contributed by atoms with Crippen molar-refractivity contribution < 1.29 is 4.79 Å². The minimum absolute atomic E-state index is 0.00596. The maximum absolute atomic E-state index is 11.3. The van der Waals surface area contributed by atoms with Crippen molar-refractivity contribution in [1.29, 1.82) is 0 Å². The monoisotopic (exact) mass is 275 g/mol. The summed E-state index contributed by atoms with van der Waals surface area (Å²) < 4.78 is 1.01. The van der Waals surface area contributed by atoms with E-state index in [0.717, 1.165) is 15.7 Å². The normalized spacial score (nSPS) is 10.0. The van der Waals surface area contributed by atoms with Crippen LogP contribution in [0.15, 0.2) is 22.7 Å². The Balaban J connectivity index is 3.01. The molecule has 0 spiro atoms. The van der Waals surface area contributed by atoms with Crippen molar-refractivity contribution in [2.24, 2.45) is 0 Å². The molecule has 76 valence electrons. The van der Waals surface area contributed by atoms with Gasteiger partial charge in [-0.25, -0.2) is 0 Å². The number of carbonyl (C=O) groups is 1. The number of rotatable bonds is 2. The quantitative estimate of drug-likeness (QED) is 0.761. The fourth-order valence-electron chi connectivity index (χ4n) is 1.22. The second kappa shape index (κ2) is 4.80. The highest BCUT2D eigenvalue weighted by Crippen LogP contribution is 2.23. The number of hydrogen-bond acceptors (Lipinski definition) is 1. The third-order valence-electron chi connectivity index (χ3n) is 2.01. The number of nitrogens with zero attached hydrogens (tertiary/aromatic N) is 1. The lowest BCUT2D eigenvalue weighted by molar-refractivity contribution is -0.116. The van der Waals surface area contributed by atoms with Crippen molar-refractivity contribution in [3.05, 3.63) is 28.2 Å². The molecule has 0 aliphatic heterocycles. The fraction of sp³-hybridized carbons (Fsp3) is 0.300. The van der Waals surface area contributed by atoms with Gasteiger partial charge in [-0.05, 0) is 30.7 Å². The third kappa shape index (κ3) is 2.49. The van der Waals surface area contributed by atoms with Crippen molar-refractivity contribution in [2.75, 3.05) is 17.8 Å². The van der Waals surface area contributed by atoms with E-state index < -0.39 is 0 Å². The first-order chi connectivity index (χ1) is 6.56. The predicted molar refractivity (Wildman–Crippen MR) is 63.0 cm³/mol. The van der Waals surface area contributed by atoms with E-state index in [1.54, 1.807) is 11.9 Å². The van der Waals surface area contributed by atoms with Crippen LogP contribution in [0.3, 0.4) is 0 Å². The first-order valence-electron chi connectivity index (χ1n) is 4.15. The van der Waals surface area contributed by atoms with Gasteiger partial charge in [0.2, 0.25) is 5.91 Å². The van der Waals surface area contributed by atoms with Crippen LogP contribution in [0.1, 0.15) is 5.56 Å². The Bertz CT molecular complexity index is 354. The van der Waals surface area contributed by atoms with Crippen molar-refractivity contribution in [3.8, 4) is 0 Å². The minimum atomic E-state index is -0.0999. The van der Waals surface area contributed by atoms with Crippen LogP contribution in [0.25, 0.3) is 0 Å². The van der Waals surface area contributed by atoms with E-state index in [4.69, 9.17) is 11.6 Å². The van der Waals surface area contributed by atoms with Gasteiger partial charge in [0.1, 0.15) is 5.88 Å². The molecule has 0 unspecified atom stereocenters. The van der Waals surface area contributed by atoms with Gasteiger partial charge in [0.15, 0.2) is 0 Å². The van der Waals surface area contributed by atoms with Gasteiger partial charge >= 0.3 is 0 Å². The van der Waals surface area contributed by atoms with Gasteiger partial charge < -0.3 is 4.90 Å². The number of hydrogen-bond donors (Lipinski definition) is 0. The van der Waals surface area contributed by atoms with E-state index in [-0.39, 0.29) is 11.8 Å². The Morgan fingerprint density at radius 2 is 2.21 bits per heavy atom. The van der Waals surface area contributed by atoms with E-state index in [2.05, 4.69) is 15.9 Å². The molecule has 4 heteroatoms. The maximum Gasteiger partial charge on any atom is 0.241 e. The highest BCUT2D eigenvalue weighted by Gasteiger charge is 2.11. The molecule has 0 heterocycles. The van der Waals surface area contributed by atoms with Crippen LogP contribution >= 0.6 is 27.5 Å². The lowest BCUT2D eigenvalue weighted by Gasteiger charge is -2.18. The highest BCUT2D eigenvalue weighted by atomic mass is 79.9. The van der Waals surface area contributed by atoms with Crippen LogP contribution in [-0.2, 0) is 4.79 Å². The van der Waals surface area contributed by atoms with Crippen molar-refractivity contribution >= 4 is 39.1 Å². The summed E-state index contributed by atoms with van der Waals surface area (Å²) in [6.07, 6.45) is 0. The number of halogens is 2. The van der Waals surface area contributed by atoms with Gasteiger partial charge in [0, 0.05) is 17.2 Å². The number of amides is 1. The minimum Gasteiger partial charge on any atom is -0.314 e. The van der Waals surface area contributed by atoms with Gasteiger partial charge in [-0.1, -0.05) is 15.9 Å². The molecule has 0 radical (unpaired) electrons. The second-order valence-electron chi connectivity index (χ2n) is 3.02. The molecule has 0 aliphatic carbocycles. The van der Waals surface area contributed by atoms with Gasteiger partial charge in [-0.3, -0.25) is 4.79 Å². The molecule has 0 saturated heterocycles. The average molecular weight is 277 g/mol. The molecule has 0 saturated carbocycles. The van der Waals surface area contributed by atoms with Gasteiger partial charge in [-0.15, -0.1) is 11.6 Å². The molecular formula is C10H11BrClNO. The van der Waals surface area contributed by atoms with Crippen LogP contribution in [0.2, 0.25) is 0 Å². The Kier molecular flexibility index (Phi) is 3.96. The Morgan fingerprint density at radius 1 is 1.57 bits per heavy atom. The van der Waals surface area contributed by atoms with Crippen molar-refractivity contribution in [1.82, 2.24) is 0 Å². The molecule has 0 atom stereocenters. The zero-order valence-electron chi connectivity index (χ0n) is 8.05. The summed E-state index contributed by atoms with van der Waals surface area (Å²) >= 11 is 8.85. The van der Waals surface area contributed by atoms with Crippen LogP contribution in [0.4, 0.5) is 5.69 Å². The summed E-state index contributed by atoms with van der Waals surface area (Å²) in [5.41, 5.74) is 1.93. The SMILES string of the molecule is Cc1cc(Br)ccc1N(C)C(=O)CCl. The lowest BCUT2D eigenvalue weighted by atomic mass is 10.2. The largest absolute Gasteiger partial charge is 0.314 e. The van der Waals surface area contributed by atoms with E-state index in [0.29, 0.717) is 0 Å². The molecule has 1 amide bonds. The summed E-state index contributed by atoms with van der Waals surface area (Å²) in [6.45, 7) is 1.96. The summed E-state index contributed by atoms with van der Waals surface area (Å²) in [6, 6.07) is 5.76. The molecule has 0 bridgehead atoms. The number of anilines is 1. The molecule has 0 aromatic heterocycles. The zero-order chi connectivity index (χ0) is 10.7. The zero-order valence-corrected chi connectivity index (χ0v) is 10.4. The Labute approximate surface area is 97.0 Å². The molecule has 0 aliphatic rings. The second-order valence-corrected chi connectivity index (χ2v) is 4.20. The molecule has 1 aromatic rings. The summed E-state index contributed by atoms with van der Waals surface area (Å²) in [5.74, 6) is -0.0940. The summed E-state index contributed by atoms with van der Waals surface area (Å²) in [5, 5.41) is 0. The molecule has 1 aromatic carbocycles. The van der Waals surface area contributed by atoms with E-state index in [1.165, 1.54) is 0 Å².